The highest BCUT2D eigenvalue weighted by Crippen LogP contribution is 2.27. The molecule has 0 spiro atoms. The van der Waals surface area contributed by atoms with Crippen molar-refractivity contribution in [3.8, 4) is 16.4 Å². The summed E-state index contributed by atoms with van der Waals surface area (Å²) in [4.78, 5) is 20.7. The van der Waals surface area contributed by atoms with E-state index in [1.54, 1.807) is 16.0 Å². The summed E-state index contributed by atoms with van der Waals surface area (Å²) in [5, 5.41) is 6.63. The summed E-state index contributed by atoms with van der Waals surface area (Å²) in [7, 11) is 1.91. The summed E-state index contributed by atoms with van der Waals surface area (Å²) < 4.78 is 1.78. The van der Waals surface area contributed by atoms with E-state index in [1.807, 2.05) is 59.8 Å². The molecule has 3 aromatic rings. The molecule has 0 atom stereocenters. The normalized spacial score (nSPS) is 15.8. The van der Waals surface area contributed by atoms with Crippen LogP contribution in [0, 0.1) is 0 Å². The van der Waals surface area contributed by atoms with E-state index in [0.29, 0.717) is 0 Å². The topological polar surface area (TPSA) is 51.0 Å². The van der Waals surface area contributed by atoms with Crippen LogP contribution in [0.25, 0.3) is 16.4 Å². The van der Waals surface area contributed by atoms with Crippen molar-refractivity contribution in [1.29, 1.82) is 0 Å². The van der Waals surface area contributed by atoms with Gasteiger partial charge >= 0.3 is 0 Å². The molecule has 1 amide bonds. The minimum Gasteiger partial charge on any atom is -0.336 e. The lowest BCUT2D eigenvalue weighted by molar-refractivity contribution is 0.0694. The van der Waals surface area contributed by atoms with E-state index in [1.165, 1.54) is 32.1 Å². The van der Waals surface area contributed by atoms with Gasteiger partial charge in [-0.25, -0.2) is 9.67 Å². The van der Waals surface area contributed by atoms with Gasteiger partial charge in [0.15, 0.2) is 5.82 Å². The second-order valence-electron chi connectivity index (χ2n) is 7.40. The minimum absolute atomic E-state index is 0.0851. The van der Waals surface area contributed by atoms with E-state index in [-0.39, 0.29) is 17.8 Å². The van der Waals surface area contributed by atoms with Gasteiger partial charge in [-0.1, -0.05) is 56.4 Å². The van der Waals surface area contributed by atoms with Crippen LogP contribution in [0.3, 0.4) is 0 Å². The Kier molecular flexibility index (Phi) is 5.86. The molecule has 1 aliphatic rings. The molecular weight excluding hydrogens is 368 g/mol. The van der Waals surface area contributed by atoms with E-state index in [4.69, 9.17) is 0 Å². The minimum atomic E-state index is -0.0851. The molecule has 6 heteroatoms. The molecule has 1 saturated carbocycles. The number of rotatable bonds is 4. The fraction of sp³-hybridized carbons (Fsp3) is 0.409. The summed E-state index contributed by atoms with van der Waals surface area (Å²) in [6.07, 6.45) is 8.36. The fourth-order valence-electron chi connectivity index (χ4n) is 3.86. The molecule has 0 radical (unpaired) electrons. The van der Waals surface area contributed by atoms with Crippen molar-refractivity contribution in [2.75, 3.05) is 7.05 Å². The van der Waals surface area contributed by atoms with Crippen LogP contribution in [0.2, 0.25) is 0 Å². The molecule has 4 rings (SSSR count). The van der Waals surface area contributed by atoms with Crippen LogP contribution in [-0.2, 0) is 0 Å². The zero-order chi connectivity index (χ0) is 19.3. The molecule has 1 fully saturated rings. The number of carbonyl (C=O) groups is 1. The number of para-hydroxylation sites is 1. The van der Waals surface area contributed by atoms with Gasteiger partial charge in [0.05, 0.1) is 10.6 Å². The van der Waals surface area contributed by atoms with Crippen LogP contribution in [0.1, 0.15) is 55.6 Å². The average molecular weight is 395 g/mol. The zero-order valence-corrected chi connectivity index (χ0v) is 17.1. The van der Waals surface area contributed by atoms with Crippen molar-refractivity contribution in [3.63, 3.8) is 0 Å². The molecular formula is C22H26N4OS. The Labute approximate surface area is 170 Å². The Hall–Kier alpha value is -2.47. The molecule has 28 heavy (non-hydrogen) atoms. The third-order valence-electron chi connectivity index (χ3n) is 5.48. The number of aromatic nitrogens is 3. The number of benzene rings is 1. The lowest BCUT2D eigenvalue weighted by Crippen LogP contribution is -2.38. The van der Waals surface area contributed by atoms with Gasteiger partial charge in [-0.15, -0.1) is 16.4 Å². The van der Waals surface area contributed by atoms with Crippen LogP contribution in [0.15, 0.2) is 47.8 Å². The number of thiophene rings is 1. The van der Waals surface area contributed by atoms with Crippen LogP contribution in [0.5, 0.6) is 0 Å². The highest BCUT2D eigenvalue weighted by Gasteiger charge is 2.26. The predicted octanol–water partition coefficient (Wildman–Crippen LogP) is 5.18. The van der Waals surface area contributed by atoms with Crippen molar-refractivity contribution in [2.24, 2.45) is 0 Å². The van der Waals surface area contributed by atoms with Gasteiger partial charge < -0.3 is 4.90 Å². The number of hydrogen-bond donors (Lipinski definition) is 0. The second-order valence-corrected chi connectivity index (χ2v) is 8.35. The van der Waals surface area contributed by atoms with Crippen molar-refractivity contribution in [1.82, 2.24) is 19.7 Å². The first-order valence-electron chi connectivity index (χ1n) is 10.1. The zero-order valence-electron chi connectivity index (χ0n) is 16.3. The van der Waals surface area contributed by atoms with Gasteiger partial charge in [0.1, 0.15) is 0 Å². The smallest absolute Gasteiger partial charge is 0.293 e. The summed E-state index contributed by atoms with van der Waals surface area (Å²) in [5.41, 5.74) is 0.908. The highest BCUT2D eigenvalue weighted by molar-refractivity contribution is 7.13. The molecule has 0 unspecified atom stereocenters. The van der Waals surface area contributed by atoms with Gasteiger partial charge in [0.2, 0.25) is 5.82 Å². The standard InChI is InChI=1S/C22H26N4OS/c1-25(17-11-6-3-2-4-7-12-17)22(27)20-23-21(19-15-10-16-28-19)26(24-20)18-13-8-5-9-14-18/h5,8-10,13-17H,2-4,6-7,11-12H2,1H3. The predicted molar refractivity (Wildman–Crippen MR) is 113 cm³/mol. The molecule has 1 aliphatic carbocycles. The molecule has 0 saturated heterocycles. The number of nitrogens with zero attached hydrogens (tertiary/aromatic N) is 4. The molecule has 0 N–H and O–H groups in total. The molecule has 5 nitrogen and oxygen atoms in total. The van der Waals surface area contributed by atoms with Crippen molar-refractivity contribution >= 4 is 17.2 Å². The Morgan fingerprint density at radius 1 is 1.04 bits per heavy atom. The first-order valence-corrected chi connectivity index (χ1v) is 11.0. The Bertz CT molecular complexity index is 896. The van der Waals surface area contributed by atoms with E-state index in [2.05, 4.69) is 10.1 Å². The number of carbonyl (C=O) groups excluding carboxylic acids is 1. The largest absolute Gasteiger partial charge is 0.336 e. The Morgan fingerprint density at radius 2 is 1.75 bits per heavy atom. The van der Waals surface area contributed by atoms with Crippen LogP contribution in [0.4, 0.5) is 0 Å². The van der Waals surface area contributed by atoms with Crippen LogP contribution >= 0.6 is 11.3 Å². The quantitative estimate of drug-likeness (QED) is 0.612. The first kappa shape index (κ1) is 18.9. The monoisotopic (exact) mass is 394 g/mol. The molecule has 2 heterocycles. The van der Waals surface area contributed by atoms with Crippen molar-refractivity contribution in [3.05, 3.63) is 53.7 Å². The van der Waals surface area contributed by atoms with Gasteiger partial charge in [-0.3, -0.25) is 4.79 Å². The van der Waals surface area contributed by atoms with E-state index >= 15 is 0 Å². The van der Waals surface area contributed by atoms with Crippen molar-refractivity contribution in [2.45, 2.75) is 51.0 Å². The second kappa shape index (κ2) is 8.69. The van der Waals surface area contributed by atoms with Gasteiger partial charge in [0, 0.05) is 13.1 Å². The van der Waals surface area contributed by atoms with Gasteiger partial charge in [0.25, 0.3) is 5.91 Å². The lowest BCUT2D eigenvalue weighted by atomic mass is 9.96. The first-order chi connectivity index (χ1) is 13.7. The van der Waals surface area contributed by atoms with Crippen LogP contribution < -0.4 is 0 Å². The summed E-state index contributed by atoms with van der Waals surface area (Å²) >= 11 is 1.60. The maximum absolute atomic E-state index is 13.2. The third-order valence-corrected chi connectivity index (χ3v) is 6.35. The van der Waals surface area contributed by atoms with Crippen LogP contribution in [-0.4, -0.2) is 38.7 Å². The molecule has 2 aromatic heterocycles. The summed E-state index contributed by atoms with van der Waals surface area (Å²) in [6.45, 7) is 0. The molecule has 146 valence electrons. The van der Waals surface area contributed by atoms with E-state index in [9.17, 15) is 4.79 Å². The SMILES string of the molecule is CN(C(=O)c1nc(-c2cccs2)n(-c2ccccc2)n1)C1CCCCCCC1. The maximum atomic E-state index is 13.2. The van der Waals surface area contributed by atoms with Crippen molar-refractivity contribution < 1.29 is 4.79 Å². The number of hydrogen-bond acceptors (Lipinski definition) is 4. The summed E-state index contributed by atoms with van der Waals surface area (Å²) in [6, 6.07) is 14.2. The third kappa shape index (κ3) is 4.02. The molecule has 1 aromatic carbocycles. The lowest BCUT2D eigenvalue weighted by Gasteiger charge is -2.28. The van der Waals surface area contributed by atoms with Gasteiger partial charge in [-0.05, 0) is 36.4 Å². The average Bonchev–Trinajstić information content (AvgIpc) is 3.37. The fourth-order valence-corrected chi connectivity index (χ4v) is 4.56. The highest BCUT2D eigenvalue weighted by atomic mass is 32.1. The Balaban J connectivity index is 1.65. The molecule has 0 aliphatic heterocycles. The number of amides is 1. The Morgan fingerprint density at radius 3 is 2.43 bits per heavy atom. The molecule has 0 bridgehead atoms. The summed E-state index contributed by atoms with van der Waals surface area (Å²) in [5.74, 6) is 0.908. The maximum Gasteiger partial charge on any atom is 0.293 e. The van der Waals surface area contributed by atoms with E-state index in [0.717, 1.165) is 29.2 Å². The van der Waals surface area contributed by atoms with E-state index < -0.39 is 0 Å². The van der Waals surface area contributed by atoms with Gasteiger partial charge in [-0.2, -0.15) is 0 Å².